The zero-order chi connectivity index (χ0) is 43.5. The molecule has 2 aliphatic heterocycles. The van der Waals surface area contributed by atoms with Gasteiger partial charge in [0.1, 0.15) is 0 Å². The molecule has 17 N–H and O–H groups in total. The first-order chi connectivity index (χ1) is 22.7. The quantitative estimate of drug-likeness (QED) is 0.0600. The number of aliphatic hydroxyl groups is 12. The fourth-order valence-electron chi connectivity index (χ4n) is 1.02. The molecule has 0 saturated carbocycles. The summed E-state index contributed by atoms with van der Waals surface area (Å²) in [4.78, 5) is 0. The summed E-state index contributed by atoms with van der Waals surface area (Å²) in [6.45, 7) is 4.00. The number of hydrogen-bond acceptors (Lipinski definition) is 14. The molecule has 0 spiro atoms. The minimum atomic E-state index is -4.89. The van der Waals surface area contributed by atoms with Crippen LogP contribution < -0.4 is 0 Å². The summed E-state index contributed by atoms with van der Waals surface area (Å²) < 4.78 is 202. The molecule has 57 heavy (non-hydrogen) atoms. The van der Waals surface area contributed by atoms with E-state index in [1.807, 2.05) is 0 Å². The summed E-state index contributed by atoms with van der Waals surface area (Å²) in [5.41, 5.74) is 0. The normalized spacial score (nSPS) is 13.7. The van der Waals surface area contributed by atoms with E-state index in [1.54, 1.807) is 0 Å². The van der Waals surface area contributed by atoms with Crippen molar-refractivity contribution in [1.29, 1.82) is 0 Å². The topological polar surface area (TPSA) is 326 Å². The Labute approximate surface area is 340 Å². The van der Waals surface area contributed by atoms with Crippen molar-refractivity contribution in [2.24, 2.45) is 0 Å². The molecule has 0 bridgehead atoms. The van der Waals surface area contributed by atoms with Gasteiger partial charge in [0.25, 0.3) is 37.7 Å². The van der Waals surface area contributed by atoms with Crippen molar-refractivity contribution in [2.75, 3.05) is 26.4 Å². The van der Waals surface area contributed by atoms with E-state index < -0.39 is 74.8 Å². The summed E-state index contributed by atoms with van der Waals surface area (Å²) in [7, 11) is 0. The Hall–Kier alpha value is -0.238. The van der Waals surface area contributed by atoms with Gasteiger partial charge in [0.05, 0.1) is 0 Å². The number of aliphatic hydroxyl groups excluding tert-OH is 6. The smallest absolute Gasteiger partial charge is 0.439 e. The van der Waals surface area contributed by atoms with E-state index in [0.717, 1.165) is 26.4 Å². The van der Waals surface area contributed by atoms with Crippen molar-refractivity contribution >= 4 is 0 Å². The maximum Gasteiger partial charge on any atom is 0.439 e. The summed E-state index contributed by atoms with van der Waals surface area (Å²) in [5, 5.41) is 87.8. The van der Waals surface area contributed by atoms with E-state index in [2.05, 4.69) is 0 Å². The minimum absolute atomic E-state index is 0. The Morgan fingerprint density at radius 1 is 0.298 bits per heavy atom. The molecule has 0 unspecified atom stereocenters. The van der Waals surface area contributed by atoms with Crippen molar-refractivity contribution in [2.45, 2.75) is 100 Å². The number of alkyl halides is 18. The van der Waals surface area contributed by atoms with Crippen LogP contribution in [0.1, 0.15) is 25.7 Å². The summed E-state index contributed by atoms with van der Waals surface area (Å²) in [6, 6.07) is 0. The molecule has 0 radical (unpaired) electrons. The molecule has 16 nitrogen and oxygen atoms in total. The summed E-state index contributed by atoms with van der Waals surface area (Å²) >= 11 is 0. The fraction of sp³-hybridized carbons (Fsp3) is 1.00. The molecular weight excluding hydrogens is 1020 g/mol. The zero-order valence-corrected chi connectivity index (χ0v) is 32.8. The van der Waals surface area contributed by atoms with Gasteiger partial charge in [-0.05, 0) is 25.7 Å². The standard InChI is InChI=1S/2C4H8O.6C2H3F3O2.2Fe.2H2O.Zn/c2*1-2-4-5-3-1;6*3-2(4,5)1(6)7;;;;;/h2*1-4H2;6*1,6-7H;;;2*1H2;/p+1. The van der Waals surface area contributed by atoms with Crippen LogP contribution in [0.4, 0.5) is 79.0 Å². The van der Waals surface area contributed by atoms with Gasteiger partial charge in [0.15, 0.2) is 0 Å². The predicted octanol–water partition coefficient (Wildman–Crippen LogP) is -1.00. The molecule has 2 rings (SSSR count). The van der Waals surface area contributed by atoms with Crippen molar-refractivity contribution in [3.05, 3.63) is 0 Å². The second-order valence-electron chi connectivity index (χ2n) is 8.13. The van der Waals surface area contributed by atoms with Crippen molar-refractivity contribution in [3.63, 3.8) is 0 Å². The largest absolute Gasteiger partial charge is 0.457 e. The van der Waals surface area contributed by atoms with Crippen molar-refractivity contribution in [3.8, 4) is 0 Å². The third-order valence-corrected chi connectivity index (χ3v) is 3.41. The monoisotopic (exact) mass is 1050 g/mol. The molecule has 37 heteroatoms. The third kappa shape index (κ3) is 77.0. The molecule has 2 fully saturated rings. The Morgan fingerprint density at radius 2 is 0.368 bits per heavy atom. The average Bonchev–Trinajstić information content (AvgIpc) is 3.67. The summed E-state index contributed by atoms with van der Waals surface area (Å²) in [5.74, 6) is 0. The van der Waals surface area contributed by atoms with Gasteiger partial charge in [-0.2, -0.15) is 79.0 Å². The van der Waals surface area contributed by atoms with Crippen LogP contribution in [0.5, 0.6) is 0 Å². The van der Waals surface area contributed by atoms with E-state index in [1.165, 1.54) is 25.7 Å². The van der Waals surface area contributed by atoms with E-state index >= 15 is 0 Å². The van der Waals surface area contributed by atoms with Gasteiger partial charge in [0, 0.05) is 80.0 Å². The van der Waals surface area contributed by atoms with E-state index in [9.17, 15) is 79.0 Å². The van der Waals surface area contributed by atoms with Gasteiger partial charge in [-0.1, -0.05) is 0 Å². The van der Waals surface area contributed by atoms with Crippen LogP contribution in [0.3, 0.4) is 0 Å². The van der Waals surface area contributed by atoms with Gasteiger partial charge in [-0.25, -0.2) is 0 Å². The van der Waals surface area contributed by atoms with Crippen LogP contribution >= 0.6 is 0 Å². The van der Waals surface area contributed by atoms with E-state index in [-0.39, 0.29) is 64.6 Å². The van der Waals surface area contributed by atoms with Crippen LogP contribution in [-0.4, -0.2) is 168 Å². The first-order valence-electron chi connectivity index (χ1n) is 12.4. The second-order valence-corrected chi connectivity index (χ2v) is 8.13. The van der Waals surface area contributed by atoms with Crippen LogP contribution in [-0.2, 0) is 68.6 Å². The second kappa shape index (κ2) is 41.1. The van der Waals surface area contributed by atoms with Gasteiger partial charge >= 0.3 is 37.1 Å². The number of ether oxygens (including phenoxy) is 2. The predicted molar refractivity (Wildman–Crippen MR) is 134 cm³/mol. The van der Waals surface area contributed by atoms with Gasteiger partial charge in [0.2, 0.25) is 0 Å². The first kappa shape index (κ1) is 84.3. The number of rotatable bonds is 0. The van der Waals surface area contributed by atoms with E-state index in [4.69, 9.17) is 70.8 Å². The van der Waals surface area contributed by atoms with E-state index in [0.29, 0.717) is 0 Å². The maximum atomic E-state index is 10.7. The van der Waals surface area contributed by atoms with Crippen LogP contribution in [0, 0.1) is 0 Å². The zero-order valence-electron chi connectivity index (χ0n) is 27.6. The molecule has 0 aromatic rings. The van der Waals surface area contributed by atoms with Crippen molar-refractivity contribution in [1.82, 2.24) is 0 Å². The molecule has 0 aromatic heterocycles. The SMILES string of the molecule is C1CCOC1.C1CCOC1.O.OC(O)C(F)(F)F.OC(O)C(F)(F)F.OC(O)C(F)(F)F.OC(O)C(F)(F)F.OC(O)C(F)(F)F.OC(O)C(F)(F)F.[Fe].[Fe].[OH3+].[Zn]. The first-order valence-corrected chi connectivity index (χ1v) is 12.4. The minimum Gasteiger partial charge on any atom is -0.457 e. The molecule has 2 heterocycles. The molecular formula is C20H39F18Fe2O16Zn+. The molecule has 0 atom stereocenters. The molecule has 0 aliphatic carbocycles. The average molecular weight is 1050 g/mol. The van der Waals surface area contributed by atoms with Gasteiger partial charge < -0.3 is 81.7 Å². The number of halogens is 18. The molecule has 2 saturated heterocycles. The Kier molecular flexibility index (Phi) is 60.8. The maximum absolute atomic E-state index is 10.7. The number of hydrogen-bond donors (Lipinski definition) is 12. The van der Waals surface area contributed by atoms with Crippen molar-refractivity contribution < 1.29 is 214 Å². The molecule has 0 aromatic carbocycles. The molecule has 2 aliphatic rings. The summed E-state index contributed by atoms with van der Waals surface area (Å²) in [6.07, 6.45) is -43.4. The Morgan fingerprint density at radius 3 is 0.386 bits per heavy atom. The third-order valence-electron chi connectivity index (χ3n) is 3.41. The van der Waals surface area contributed by atoms with Gasteiger partial charge in [-0.3, -0.25) is 0 Å². The van der Waals surface area contributed by atoms with Crippen LogP contribution in [0.25, 0.3) is 0 Å². The molecule has 0 amide bonds. The van der Waals surface area contributed by atoms with Gasteiger partial charge in [-0.15, -0.1) is 0 Å². The van der Waals surface area contributed by atoms with Crippen LogP contribution in [0.2, 0.25) is 0 Å². The molecule has 358 valence electrons. The van der Waals surface area contributed by atoms with Crippen LogP contribution in [0.15, 0.2) is 0 Å². The fourth-order valence-corrected chi connectivity index (χ4v) is 1.02. The Balaban J connectivity index is -0.0000000466. The Bertz CT molecular complexity index is 631.